The number of aromatic nitrogens is 4. The first-order valence-corrected chi connectivity index (χ1v) is 9.73. The topological polar surface area (TPSA) is 79.2 Å². The summed E-state index contributed by atoms with van der Waals surface area (Å²) >= 11 is 0. The van der Waals surface area contributed by atoms with Crippen LogP contribution in [0, 0.1) is 0 Å². The van der Waals surface area contributed by atoms with Gasteiger partial charge in [-0.25, -0.2) is 4.98 Å². The smallest absolute Gasteiger partial charge is 0.274 e. The standard InChI is InChI=1S/C21H25N7O/c1-26(2)19-17(14-22-21(24-19)28-11-7-8-12-28)23-20(29)18-13-16(25-27(18)3)15-9-5-4-6-10-15/h4-6,9-10,13-14H,7-8,11-12H2,1-3H3,(H,23,29). The molecule has 1 amide bonds. The number of carbonyl (C=O) groups is 1. The maximum Gasteiger partial charge on any atom is 0.274 e. The summed E-state index contributed by atoms with van der Waals surface area (Å²) in [7, 11) is 5.58. The molecule has 1 fully saturated rings. The Hall–Kier alpha value is -3.42. The highest BCUT2D eigenvalue weighted by Gasteiger charge is 2.20. The molecule has 29 heavy (non-hydrogen) atoms. The van der Waals surface area contributed by atoms with Crippen molar-refractivity contribution in [1.82, 2.24) is 19.7 Å². The molecule has 1 aliphatic heterocycles. The van der Waals surface area contributed by atoms with Crippen LogP contribution >= 0.6 is 0 Å². The minimum atomic E-state index is -0.247. The molecule has 0 radical (unpaired) electrons. The SMILES string of the molecule is CN(C)c1nc(N2CCCC2)ncc1NC(=O)c1cc(-c2ccccc2)nn1C. The average molecular weight is 391 g/mol. The van der Waals surface area contributed by atoms with Crippen molar-refractivity contribution in [3.8, 4) is 11.3 Å². The Bertz CT molecular complexity index is 1010. The van der Waals surface area contributed by atoms with Crippen LogP contribution in [0.5, 0.6) is 0 Å². The molecule has 0 bridgehead atoms. The fraction of sp³-hybridized carbons (Fsp3) is 0.333. The van der Waals surface area contributed by atoms with Gasteiger partial charge in [0.2, 0.25) is 5.95 Å². The van der Waals surface area contributed by atoms with Crippen LogP contribution in [0.1, 0.15) is 23.3 Å². The van der Waals surface area contributed by atoms with Crippen LogP contribution in [0.3, 0.4) is 0 Å². The fourth-order valence-electron chi connectivity index (χ4n) is 3.48. The van der Waals surface area contributed by atoms with Crippen molar-refractivity contribution < 1.29 is 4.79 Å². The van der Waals surface area contributed by atoms with Crippen LogP contribution in [-0.2, 0) is 7.05 Å². The number of carbonyl (C=O) groups excluding carboxylic acids is 1. The highest BCUT2D eigenvalue weighted by molar-refractivity contribution is 6.05. The summed E-state index contributed by atoms with van der Waals surface area (Å²) in [5.74, 6) is 1.14. The quantitative estimate of drug-likeness (QED) is 0.721. The Morgan fingerprint density at radius 2 is 1.86 bits per heavy atom. The van der Waals surface area contributed by atoms with Crippen LogP contribution < -0.4 is 15.1 Å². The number of amides is 1. The van der Waals surface area contributed by atoms with Crippen molar-refractivity contribution in [2.45, 2.75) is 12.8 Å². The van der Waals surface area contributed by atoms with E-state index in [2.05, 4.69) is 25.3 Å². The van der Waals surface area contributed by atoms with Gasteiger partial charge in [-0.1, -0.05) is 30.3 Å². The molecular formula is C21H25N7O. The molecule has 0 atom stereocenters. The van der Waals surface area contributed by atoms with Crippen LogP contribution in [0.4, 0.5) is 17.5 Å². The molecule has 1 aromatic carbocycles. The molecule has 4 rings (SSSR count). The Morgan fingerprint density at radius 1 is 1.14 bits per heavy atom. The predicted molar refractivity (Wildman–Crippen MR) is 114 cm³/mol. The van der Waals surface area contributed by atoms with Crippen molar-refractivity contribution >= 4 is 23.4 Å². The van der Waals surface area contributed by atoms with Gasteiger partial charge in [-0.3, -0.25) is 9.48 Å². The van der Waals surface area contributed by atoms with Gasteiger partial charge in [0, 0.05) is 39.8 Å². The summed E-state index contributed by atoms with van der Waals surface area (Å²) < 4.78 is 1.59. The third-order valence-corrected chi connectivity index (χ3v) is 5.00. The molecule has 1 saturated heterocycles. The number of nitrogens with zero attached hydrogens (tertiary/aromatic N) is 6. The van der Waals surface area contributed by atoms with E-state index >= 15 is 0 Å². The number of anilines is 3. The lowest BCUT2D eigenvalue weighted by Gasteiger charge is -2.21. The average Bonchev–Trinajstić information content (AvgIpc) is 3.39. The molecular weight excluding hydrogens is 366 g/mol. The molecule has 3 aromatic rings. The van der Waals surface area contributed by atoms with Crippen molar-refractivity contribution in [1.29, 1.82) is 0 Å². The van der Waals surface area contributed by atoms with Gasteiger partial charge in [-0.15, -0.1) is 0 Å². The molecule has 0 aliphatic carbocycles. The largest absolute Gasteiger partial charge is 0.361 e. The summed E-state index contributed by atoms with van der Waals surface area (Å²) in [6.45, 7) is 1.94. The summed E-state index contributed by atoms with van der Waals surface area (Å²) in [4.78, 5) is 26.2. The van der Waals surface area contributed by atoms with E-state index in [0.717, 1.165) is 37.2 Å². The molecule has 0 spiro atoms. The first-order chi connectivity index (χ1) is 14.0. The number of aryl methyl sites for hydroxylation is 1. The summed E-state index contributed by atoms with van der Waals surface area (Å²) in [6, 6.07) is 11.6. The van der Waals surface area contributed by atoms with Crippen molar-refractivity contribution in [2.75, 3.05) is 42.3 Å². The first kappa shape index (κ1) is 18.9. The molecule has 3 heterocycles. The van der Waals surface area contributed by atoms with E-state index in [9.17, 15) is 4.79 Å². The van der Waals surface area contributed by atoms with E-state index in [0.29, 0.717) is 23.1 Å². The number of benzene rings is 1. The van der Waals surface area contributed by atoms with Gasteiger partial charge in [-0.05, 0) is 18.9 Å². The zero-order chi connectivity index (χ0) is 20.4. The summed E-state index contributed by atoms with van der Waals surface area (Å²) in [6.07, 6.45) is 4.00. The lowest BCUT2D eigenvalue weighted by Crippen LogP contribution is -2.24. The highest BCUT2D eigenvalue weighted by atomic mass is 16.2. The van der Waals surface area contributed by atoms with E-state index < -0.39 is 0 Å². The van der Waals surface area contributed by atoms with Crippen molar-refractivity contribution in [2.24, 2.45) is 7.05 Å². The second-order valence-corrected chi connectivity index (χ2v) is 7.35. The van der Waals surface area contributed by atoms with Gasteiger partial charge in [0.25, 0.3) is 5.91 Å². The second kappa shape index (κ2) is 7.90. The van der Waals surface area contributed by atoms with Gasteiger partial charge in [0.15, 0.2) is 5.82 Å². The van der Waals surface area contributed by atoms with Crippen LogP contribution in [-0.4, -0.2) is 52.8 Å². The van der Waals surface area contributed by atoms with Gasteiger partial charge in [-0.2, -0.15) is 10.1 Å². The minimum Gasteiger partial charge on any atom is -0.361 e. The number of nitrogens with one attached hydrogen (secondary N) is 1. The maximum absolute atomic E-state index is 12.9. The highest BCUT2D eigenvalue weighted by Crippen LogP contribution is 2.26. The summed E-state index contributed by atoms with van der Waals surface area (Å²) in [5, 5.41) is 7.42. The normalized spacial score (nSPS) is 13.6. The van der Waals surface area contributed by atoms with Crippen LogP contribution in [0.2, 0.25) is 0 Å². The monoisotopic (exact) mass is 391 g/mol. The zero-order valence-electron chi connectivity index (χ0n) is 17.0. The van der Waals surface area contributed by atoms with Crippen LogP contribution in [0.15, 0.2) is 42.6 Å². The third-order valence-electron chi connectivity index (χ3n) is 5.00. The van der Waals surface area contributed by atoms with Gasteiger partial charge >= 0.3 is 0 Å². The third kappa shape index (κ3) is 3.91. The maximum atomic E-state index is 12.9. The molecule has 8 heteroatoms. The van der Waals surface area contributed by atoms with Crippen molar-refractivity contribution in [3.63, 3.8) is 0 Å². The van der Waals surface area contributed by atoms with E-state index in [1.165, 1.54) is 0 Å². The Balaban J connectivity index is 1.59. The molecule has 150 valence electrons. The minimum absolute atomic E-state index is 0.247. The zero-order valence-corrected chi connectivity index (χ0v) is 17.0. The van der Waals surface area contributed by atoms with Gasteiger partial charge < -0.3 is 15.1 Å². The molecule has 8 nitrogen and oxygen atoms in total. The molecule has 0 saturated carbocycles. The van der Waals surface area contributed by atoms with Crippen molar-refractivity contribution in [3.05, 3.63) is 48.3 Å². The lowest BCUT2D eigenvalue weighted by atomic mass is 10.1. The second-order valence-electron chi connectivity index (χ2n) is 7.35. The Kier molecular flexibility index (Phi) is 5.16. The number of hydrogen-bond donors (Lipinski definition) is 1. The van der Waals surface area contributed by atoms with E-state index in [1.54, 1.807) is 24.0 Å². The summed E-state index contributed by atoms with van der Waals surface area (Å²) in [5.41, 5.74) is 2.77. The molecule has 1 aliphatic rings. The lowest BCUT2D eigenvalue weighted by molar-refractivity contribution is 0.101. The number of hydrogen-bond acceptors (Lipinski definition) is 6. The van der Waals surface area contributed by atoms with E-state index in [1.807, 2.05) is 49.3 Å². The van der Waals surface area contributed by atoms with Crippen LogP contribution in [0.25, 0.3) is 11.3 Å². The first-order valence-electron chi connectivity index (χ1n) is 9.73. The van der Waals surface area contributed by atoms with E-state index in [4.69, 9.17) is 0 Å². The molecule has 0 unspecified atom stereocenters. The fourth-order valence-corrected chi connectivity index (χ4v) is 3.48. The van der Waals surface area contributed by atoms with Gasteiger partial charge in [0.05, 0.1) is 11.9 Å². The predicted octanol–water partition coefficient (Wildman–Crippen LogP) is 2.80. The Labute approximate surface area is 170 Å². The molecule has 2 aromatic heterocycles. The number of rotatable bonds is 5. The Morgan fingerprint density at radius 3 is 2.55 bits per heavy atom. The molecule has 1 N–H and O–H groups in total. The van der Waals surface area contributed by atoms with E-state index in [-0.39, 0.29) is 5.91 Å². The van der Waals surface area contributed by atoms with Gasteiger partial charge in [0.1, 0.15) is 11.4 Å².